The summed E-state index contributed by atoms with van der Waals surface area (Å²) in [5, 5.41) is 3.00. The number of amides is 2. The summed E-state index contributed by atoms with van der Waals surface area (Å²) in [5.74, 6) is -0.429. The first-order valence-corrected chi connectivity index (χ1v) is 12.4. The van der Waals surface area contributed by atoms with Crippen LogP contribution in [-0.2, 0) is 14.9 Å². The SMILES string of the molecule is CC(C)(C)NC(=O)[C@@H]1C[C@H](c2ccnc(C(C)(C)C)n2)[C@H](c2cccc(F)c2)N1C(=O)OC(C)(C)C. The predicted molar refractivity (Wildman–Crippen MR) is 137 cm³/mol. The van der Waals surface area contributed by atoms with E-state index in [2.05, 4.69) is 10.3 Å². The average Bonchev–Trinajstić information content (AvgIpc) is 3.12. The molecule has 3 atom stereocenters. The zero-order chi connectivity index (χ0) is 27.1. The molecule has 0 saturated carbocycles. The molecule has 0 unspecified atom stereocenters. The van der Waals surface area contributed by atoms with Gasteiger partial charge in [-0.15, -0.1) is 0 Å². The van der Waals surface area contributed by atoms with E-state index < -0.39 is 35.1 Å². The Labute approximate surface area is 213 Å². The van der Waals surface area contributed by atoms with Crippen molar-refractivity contribution >= 4 is 12.0 Å². The van der Waals surface area contributed by atoms with Crippen molar-refractivity contribution in [2.24, 2.45) is 0 Å². The van der Waals surface area contributed by atoms with E-state index in [-0.39, 0.29) is 17.2 Å². The van der Waals surface area contributed by atoms with Crippen LogP contribution in [0.2, 0.25) is 0 Å². The van der Waals surface area contributed by atoms with Crippen LogP contribution in [0.25, 0.3) is 0 Å². The molecule has 3 rings (SSSR count). The number of hydrogen-bond donors (Lipinski definition) is 1. The summed E-state index contributed by atoms with van der Waals surface area (Å²) in [6.45, 7) is 17.1. The van der Waals surface area contributed by atoms with Crippen molar-refractivity contribution in [3.05, 3.63) is 59.4 Å². The summed E-state index contributed by atoms with van der Waals surface area (Å²) in [5.41, 5.74) is -0.299. The van der Waals surface area contributed by atoms with Crippen LogP contribution in [0.1, 0.15) is 97.8 Å². The van der Waals surface area contributed by atoms with Gasteiger partial charge in [-0.2, -0.15) is 0 Å². The molecular weight excluding hydrogens is 459 g/mol. The number of likely N-dealkylation sites (tertiary alicyclic amines) is 1. The van der Waals surface area contributed by atoms with Gasteiger partial charge in [-0.1, -0.05) is 32.9 Å². The Balaban J connectivity index is 2.19. The van der Waals surface area contributed by atoms with Crippen molar-refractivity contribution in [2.45, 2.75) is 103 Å². The fraction of sp³-hybridized carbons (Fsp3) is 0.571. The Hall–Kier alpha value is -3.03. The summed E-state index contributed by atoms with van der Waals surface area (Å²) in [6, 6.07) is 6.47. The Kier molecular flexibility index (Phi) is 7.49. The number of halogens is 1. The number of carbonyl (C=O) groups excluding carboxylic acids is 2. The highest BCUT2D eigenvalue weighted by Gasteiger charge is 2.50. The average molecular weight is 499 g/mol. The molecule has 1 aliphatic heterocycles. The maximum atomic E-state index is 14.4. The third-order valence-corrected chi connectivity index (χ3v) is 5.82. The standard InChI is InChI=1S/C28H39FN4O3/c1-26(2,3)24-30-14-13-20(31-24)19-16-21(23(34)32-27(4,5)6)33(25(35)36-28(7,8)9)22(19)17-11-10-12-18(29)15-17/h10-15,19,21-22H,16H2,1-9H3,(H,32,34)/t19-,21+,22+/m1/s1. The molecule has 0 aliphatic carbocycles. The summed E-state index contributed by atoms with van der Waals surface area (Å²) < 4.78 is 20.2. The minimum absolute atomic E-state index is 0.289. The molecule has 1 N–H and O–H groups in total. The van der Waals surface area contributed by atoms with Crippen molar-refractivity contribution in [2.75, 3.05) is 0 Å². The zero-order valence-corrected chi connectivity index (χ0v) is 22.8. The van der Waals surface area contributed by atoms with Gasteiger partial charge in [0.15, 0.2) is 0 Å². The van der Waals surface area contributed by atoms with E-state index in [1.54, 1.807) is 39.1 Å². The van der Waals surface area contributed by atoms with Crippen LogP contribution in [0.4, 0.5) is 9.18 Å². The van der Waals surface area contributed by atoms with Crippen LogP contribution in [0.15, 0.2) is 36.5 Å². The third-order valence-electron chi connectivity index (χ3n) is 5.82. The van der Waals surface area contributed by atoms with Gasteiger partial charge in [0.05, 0.1) is 6.04 Å². The van der Waals surface area contributed by atoms with E-state index in [0.717, 1.165) is 0 Å². The molecule has 2 heterocycles. The molecule has 8 heteroatoms. The zero-order valence-electron chi connectivity index (χ0n) is 22.8. The lowest BCUT2D eigenvalue weighted by Gasteiger charge is -2.34. The molecule has 1 fully saturated rings. The second kappa shape index (κ2) is 9.79. The van der Waals surface area contributed by atoms with Crippen LogP contribution >= 0.6 is 0 Å². The van der Waals surface area contributed by atoms with Crippen molar-refractivity contribution in [1.82, 2.24) is 20.2 Å². The molecule has 36 heavy (non-hydrogen) atoms. The number of nitrogens with one attached hydrogen (secondary N) is 1. The summed E-state index contributed by atoms with van der Waals surface area (Å²) in [7, 11) is 0. The second-order valence-electron chi connectivity index (χ2n) is 12.5. The Morgan fingerprint density at radius 2 is 1.72 bits per heavy atom. The largest absolute Gasteiger partial charge is 0.444 e. The van der Waals surface area contributed by atoms with Gasteiger partial charge < -0.3 is 10.1 Å². The lowest BCUT2D eigenvalue weighted by Crippen LogP contribution is -2.52. The molecule has 0 spiro atoms. The van der Waals surface area contributed by atoms with E-state index in [0.29, 0.717) is 23.5 Å². The van der Waals surface area contributed by atoms with Crippen molar-refractivity contribution in [1.29, 1.82) is 0 Å². The maximum Gasteiger partial charge on any atom is 0.411 e. The van der Waals surface area contributed by atoms with Crippen LogP contribution in [0, 0.1) is 5.82 Å². The number of hydrogen-bond acceptors (Lipinski definition) is 5. The lowest BCUT2D eigenvalue weighted by molar-refractivity contribution is -0.127. The molecule has 0 bridgehead atoms. The molecule has 7 nitrogen and oxygen atoms in total. The molecule has 2 amide bonds. The first kappa shape index (κ1) is 27.6. The number of ether oxygens (including phenoxy) is 1. The summed E-state index contributed by atoms with van der Waals surface area (Å²) in [6.07, 6.45) is 1.38. The number of aromatic nitrogens is 2. The van der Waals surface area contributed by atoms with Crippen molar-refractivity contribution < 1.29 is 18.7 Å². The fourth-order valence-electron chi connectivity index (χ4n) is 4.42. The highest BCUT2D eigenvalue weighted by atomic mass is 19.1. The Morgan fingerprint density at radius 1 is 1.06 bits per heavy atom. The van der Waals surface area contributed by atoms with Gasteiger partial charge >= 0.3 is 6.09 Å². The normalized spacial score (nSPS) is 20.8. The first-order valence-electron chi connectivity index (χ1n) is 12.4. The van der Waals surface area contributed by atoms with E-state index >= 15 is 0 Å². The summed E-state index contributed by atoms with van der Waals surface area (Å²) >= 11 is 0. The molecular formula is C28H39FN4O3. The molecule has 196 valence electrons. The van der Waals surface area contributed by atoms with E-state index in [9.17, 15) is 14.0 Å². The minimum Gasteiger partial charge on any atom is -0.444 e. The predicted octanol–water partition coefficient (Wildman–Crippen LogP) is 5.66. The first-order chi connectivity index (χ1) is 16.5. The fourth-order valence-corrected chi connectivity index (χ4v) is 4.42. The van der Waals surface area contributed by atoms with Crippen molar-refractivity contribution in [3.8, 4) is 0 Å². The Bertz CT molecular complexity index is 1110. The van der Waals surface area contributed by atoms with Gasteiger partial charge in [0.25, 0.3) is 0 Å². The van der Waals surface area contributed by atoms with Gasteiger partial charge in [0.2, 0.25) is 5.91 Å². The van der Waals surface area contributed by atoms with Gasteiger partial charge in [0.1, 0.15) is 23.3 Å². The number of carbonyl (C=O) groups is 2. The van der Waals surface area contributed by atoms with Crippen molar-refractivity contribution in [3.63, 3.8) is 0 Å². The summed E-state index contributed by atoms with van der Waals surface area (Å²) in [4.78, 5) is 37.9. The van der Waals surface area contributed by atoms with Gasteiger partial charge in [-0.25, -0.2) is 19.2 Å². The quantitative estimate of drug-likeness (QED) is 0.590. The minimum atomic E-state index is -0.828. The van der Waals surface area contributed by atoms with Crippen LogP contribution in [0.3, 0.4) is 0 Å². The van der Waals surface area contributed by atoms with Gasteiger partial charge in [0, 0.05) is 28.8 Å². The van der Waals surface area contributed by atoms with E-state index in [1.807, 2.05) is 47.6 Å². The van der Waals surface area contributed by atoms with Gasteiger partial charge in [-0.05, 0) is 71.7 Å². The van der Waals surface area contributed by atoms with Crippen LogP contribution < -0.4 is 5.32 Å². The topological polar surface area (TPSA) is 84.4 Å². The molecule has 1 aromatic carbocycles. The van der Waals surface area contributed by atoms with E-state index in [4.69, 9.17) is 9.72 Å². The van der Waals surface area contributed by atoms with Crippen LogP contribution in [-0.4, -0.2) is 44.1 Å². The highest BCUT2D eigenvalue weighted by molar-refractivity contribution is 5.87. The highest BCUT2D eigenvalue weighted by Crippen LogP contribution is 2.47. The smallest absolute Gasteiger partial charge is 0.411 e. The molecule has 0 radical (unpaired) electrons. The van der Waals surface area contributed by atoms with E-state index in [1.165, 1.54) is 17.0 Å². The number of nitrogens with zero attached hydrogens (tertiary/aromatic N) is 3. The third kappa shape index (κ3) is 6.59. The number of rotatable bonds is 3. The lowest BCUT2D eigenvalue weighted by atomic mass is 9.89. The molecule has 2 aromatic rings. The Morgan fingerprint density at radius 3 is 2.28 bits per heavy atom. The molecule has 1 aromatic heterocycles. The second-order valence-corrected chi connectivity index (χ2v) is 12.5. The monoisotopic (exact) mass is 498 g/mol. The molecule has 1 aliphatic rings. The molecule has 1 saturated heterocycles. The number of benzene rings is 1. The maximum absolute atomic E-state index is 14.4. The van der Waals surface area contributed by atoms with Crippen LogP contribution in [0.5, 0.6) is 0 Å². The van der Waals surface area contributed by atoms with Gasteiger partial charge in [-0.3, -0.25) is 9.69 Å².